The van der Waals surface area contributed by atoms with Crippen LogP contribution in [0, 0.1) is 5.92 Å². The third-order valence-electron chi connectivity index (χ3n) is 2.49. The van der Waals surface area contributed by atoms with E-state index >= 15 is 0 Å². The lowest BCUT2D eigenvalue weighted by molar-refractivity contribution is -0.202. The number of carbonyl (C=O) groups is 1. The molecule has 0 aliphatic carbocycles. The van der Waals surface area contributed by atoms with Crippen LogP contribution in [-0.4, -0.2) is 42.5 Å². The van der Waals surface area contributed by atoms with Gasteiger partial charge in [0.05, 0.1) is 6.54 Å². The molecule has 1 rings (SSSR count). The number of amides is 1. The van der Waals surface area contributed by atoms with Crippen LogP contribution in [-0.2, 0) is 9.53 Å². The largest absolute Gasteiger partial charge is 0.416 e. The van der Waals surface area contributed by atoms with Crippen molar-refractivity contribution in [2.45, 2.75) is 31.7 Å². The van der Waals surface area contributed by atoms with E-state index in [1.807, 2.05) is 5.32 Å². The Kier molecular flexibility index (Phi) is 4.15. The maximum absolute atomic E-state index is 11.9. The van der Waals surface area contributed by atoms with Gasteiger partial charge in [0.15, 0.2) is 6.10 Å². The van der Waals surface area contributed by atoms with Gasteiger partial charge in [-0.05, 0) is 12.3 Å². The molecule has 7 heteroatoms. The smallest absolute Gasteiger partial charge is 0.382 e. The second-order valence-corrected chi connectivity index (χ2v) is 3.86. The molecule has 4 nitrogen and oxygen atoms in total. The van der Waals surface area contributed by atoms with E-state index in [1.165, 1.54) is 0 Å². The number of alkyl halides is 3. The predicted molar refractivity (Wildman–Crippen MR) is 48.6 cm³/mol. The summed E-state index contributed by atoms with van der Waals surface area (Å²) in [4.78, 5) is 11.4. The van der Waals surface area contributed by atoms with Crippen molar-refractivity contribution >= 4 is 5.91 Å². The van der Waals surface area contributed by atoms with Gasteiger partial charge in [-0.3, -0.25) is 4.79 Å². The van der Waals surface area contributed by atoms with E-state index < -0.39 is 30.8 Å². The Bertz CT molecular complexity index is 257. The zero-order valence-electron chi connectivity index (χ0n) is 8.75. The van der Waals surface area contributed by atoms with Crippen LogP contribution in [0.25, 0.3) is 0 Å². The van der Waals surface area contributed by atoms with Crippen LogP contribution in [0.4, 0.5) is 13.2 Å². The average Bonchev–Trinajstić information content (AvgIpc) is 2.58. The minimum atomic E-state index is -4.71. The van der Waals surface area contributed by atoms with Crippen molar-refractivity contribution in [2.24, 2.45) is 5.92 Å². The first kappa shape index (κ1) is 13.2. The van der Waals surface area contributed by atoms with E-state index in [0.717, 1.165) is 0 Å². The van der Waals surface area contributed by atoms with Crippen LogP contribution in [0.5, 0.6) is 0 Å². The van der Waals surface area contributed by atoms with Crippen molar-refractivity contribution in [3.05, 3.63) is 0 Å². The van der Waals surface area contributed by atoms with Gasteiger partial charge in [-0.2, -0.15) is 13.2 Å². The summed E-state index contributed by atoms with van der Waals surface area (Å²) in [5.74, 6) is -0.615. The number of ether oxygens (including phenoxy) is 1. The van der Waals surface area contributed by atoms with Gasteiger partial charge >= 0.3 is 6.18 Å². The molecule has 1 saturated heterocycles. The molecule has 2 N–H and O–H groups in total. The van der Waals surface area contributed by atoms with Gasteiger partial charge in [-0.25, -0.2) is 0 Å². The Morgan fingerprint density at radius 1 is 1.62 bits per heavy atom. The normalized spacial score (nSPS) is 27.8. The van der Waals surface area contributed by atoms with Gasteiger partial charge in [0.1, 0.15) is 6.10 Å². The molecule has 0 bridgehead atoms. The molecule has 1 aliphatic rings. The van der Waals surface area contributed by atoms with Crippen molar-refractivity contribution in [3.8, 4) is 0 Å². The first-order valence-corrected chi connectivity index (χ1v) is 4.96. The van der Waals surface area contributed by atoms with Crippen molar-refractivity contribution in [3.63, 3.8) is 0 Å². The zero-order valence-corrected chi connectivity index (χ0v) is 8.75. The van der Waals surface area contributed by atoms with Crippen molar-refractivity contribution < 1.29 is 27.8 Å². The number of rotatable bonds is 3. The van der Waals surface area contributed by atoms with Crippen molar-refractivity contribution in [2.75, 3.05) is 13.2 Å². The van der Waals surface area contributed by atoms with Crippen LogP contribution < -0.4 is 5.32 Å². The molecule has 16 heavy (non-hydrogen) atoms. The second-order valence-electron chi connectivity index (χ2n) is 3.86. The molecule has 1 fully saturated rings. The fourth-order valence-corrected chi connectivity index (χ4v) is 1.44. The molecule has 3 unspecified atom stereocenters. The lowest BCUT2D eigenvalue weighted by Gasteiger charge is -2.18. The Morgan fingerprint density at radius 3 is 2.69 bits per heavy atom. The monoisotopic (exact) mass is 241 g/mol. The van der Waals surface area contributed by atoms with Gasteiger partial charge in [0.25, 0.3) is 0 Å². The summed E-state index contributed by atoms with van der Waals surface area (Å²) in [7, 11) is 0. The summed E-state index contributed by atoms with van der Waals surface area (Å²) in [5, 5.41) is 10.7. The first-order valence-electron chi connectivity index (χ1n) is 4.96. The van der Waals surface area contributed by atoms with Gasteiger partial charge in [-0.15, -0.1) is 0 Å². The molecule has 1 aliphatic heterocycles. The molecular formula is C9H14F3NO3. The number of aliphatic hydroxyl groups is 1. The van der Waals surface area contributed by atoms with Crippen LogP contribution >= 0.6 is 0 Å². The van der Waals surface area contributed by atoms with Crippen molar-refractivity contribution in [1.29, 1.82) is 0 Å². The minimum absolute atomic E-state index is 0.0111. The molecule has 0 aromatic rings. The summed E-state index contributed by atoms with van der Waals surface area (Å²) in [6.45, 7) is 1.38. The second kappa shape index (κ2) is 5.01. The summed E-state index contributed by atoms with van der Waals surface area (Å²) >= 11 is 0. The predicted octanol–water partition coefficient (Wildman–Crippen LogP) is 0.451. The zero-order chi connectivity index (χ0) is 12.3. The van der Waals surface area contributed by atoms with E-state index in [-0.39, 0.29) is 5.92 Å². The highest BCUT2D eigenvalue weighted by Crippen LogP contribution is 2.21. The number of hydrogen-bond acceptors (Lipinski definition) is 3. The van der Waals surface area contributed by atoms with Gasteiger partial charge in [0.2, 0.25) is 5.91 Å². The molecule has 3 atom stereocenters. The first-order chi connectivity index (χ1) is 7.32. The molecule has 0 saturated carbocycles. The highest BCUT2D eigenvalue weighted by Gasteiger charge is 2.39. The Morgan fingerprint density at radius 2 is 2.25 bits per heavy atom. The Hall–Kier alpha value is -0.820. The Labute approximate surface area is 90.8 Å². The number of nitrogens with one attached hydrogen (secondary N) is 1. The fraction of sp³-hybridized carbons (Fsp3) is 0.889. The third kappa shape index (κ3) is 3.34. The summed E-state index contributed by atoms with van der Waals surface area (Å²) in [6.07, 6.45) is -7.25. The van der Waals surface area contributed by atoms with Gasteiger partial charge < -0.3 is 15.2 Å². The van der Waals surface area contributed by atoms with Gasteiger partial charge in [0, 0.05) is 6.61 Å². The van der Waals surface area contributed by atoms with Crippen molar-refractivity contribution in [1.82, 2.24) is 5.32 Å². The number of carbonyl (C=O) groups excluding carboxylic acids is 1. The van der Waals surface area contributed by atoms with Crippen LogP contribution in [0.15, 0.2) is 0 Å². The summed E-state index contributed by atoms with van der Waals surface area (Å²) in [5.41, 5.74) is 0. The molecule has 1 heterocycles. The van der Waals surface area contributed by atoms with E-state index in [4.69, 9.17) is 9.84 Å². The molecular weight excluding hydrogens is 227 g/mol. The van der Waals surface area contributed by atoms with E-state index in [2.05, 4.69) is 0 Å². The maximum atomic E-state index is 11.9. The SMILES string of the molecule is CC1CCOC1C(=O)NCC(O)C(F)(F)F. The topological polar surface area (TPSA) is 58.6 Å². The summed E-state index contributed by atoms with van der Waals surface area (Å²) in [6, 6.07) is 0. The number of hydrogen-bond donors (Lipinski definition) is 2. The van der Waals surface area contributed by atoms with Crippen LogP contribution in [0.1, 0.15) is 13.3 Å². The molecule has 0 aromatic heterocycles. The minimum Gasteiger partial charge on any atom is -0.382 e. The lowest BCUT2D eigenvalue weighted by atomic mass is 10.0. The fourth-order valence-electron chi connectivity index (χ4n) is 1.44. The highest BCUT2D eigenvalue weighted by atomic mass is 19.4. The standard InChI is InChI=1S/C9H14F3NO3/c1-5-2-3-16-7(5)8(15)13-4-6(14)9(10,11)12/h5-7,14H,2-4H2,1H3,(H,13,15). The summed E-state index contributed by atoms with van der Waals surface area (Å²) < 4.78 is 40.8. The van der Waals surface area contributed by atoms with E-state index in [1.54, 1.807) is 6.92 Å². The third-order valence-corrected chi connectivity index (χ3v) is 2.49. The maximum Gasteiger partial charge on any atom is 0.416 e. The Balaban J connectivity index is 2.35. The average molecular weight is 241 g/mol. The highest BCUT2D eigenvalue weighted by molar-refractivity contribution is 5.81. The van der Waals surface area contributed by atoms with E-state index in [0.29, 0.717) is 13.0 Å². The van der Waals surface area contributed by atoms with Gasteiger partial charge in [-0.1, -0.05) is 6.92 Å². The number of aliphatic hydroxyl groups excluding tert-OH is 1. The molecule has 0 spiro atoms. The molecule has 94 valence electrons. The lowest BCUT2D eigenvalue weighted by Crippen LogP contribution is -2.45. The molecule has 0 aromatic carbocycles. The molecule has 1 amide bonds. The molecule has 0 radical (unpaired) electrons. The number of halogens is 3. The quantitative estimate of drug-likeness (QED) is 0.754. The van der Waals surface area contributed by atoms with Crippen LogP contribution in [0.3, 0.4) is 0 Å². The van der Waals surface area contributed by atoms with E-state index in [9.17, 15) is 18.0 Å². The van der Waals surface area contributed by atoms with Crippen LogP contribution in [0.2, 0.25) is 0 Å².